The van der Waals surface area contributed by atoms with Crippen molar-refractivity contribution in [2.75, 3.05) is 49.5 Å². The van der Waals surface area contributed by atoms with Crippen LogP contribution in [0, 0.1) is 0 Å². The van der Waals surface area contributed by atoms with Crippen molar-refractivity contribution in [3.63, 3.8) is 0 Å². The van der Waals surface area contributed by atoms with Crippen molar-refractivity contribution in [2.45, 2.75) is 6.92 Å². The highest BCUT2D eigenvalue weighted by Crippen LogP contribution is 2.17. The van der Waals surface area contributed by atoms with Crippen LogP contribution in [0.2, 0.25) is 0 Å². The molecule has 5 heteroatoms. The summed E-state index contributed by atoms with van der Waals surface area (Å²) in [6, 6.07) is 17.9. The van der Waals surface area contributed by atoms with Gasteiger partial charge in [0.1, 0.15) is 5.75 Å². The van der Waals surface area contributed by atoms with Crippen LogP contribution in [-0.2, 0) is 4.79 Å². The molecule has 1 N–H and O–H groups in total. The van der Waals surface area contributed by atoms with Gasteiger partial charge in [0.15, 0.2) is 0 Å². The number of amides is 1. The predicted octanol–water partition coefficient (Wildman–Crippen LogP) is 2.85. The Balaban J connectivity index is 1.44. The second-order valence-corrected chi connectivity index (χ2v) is 6.10. The summed E-state index contributed by atoms with van der Waals surface area (Å²) in [5.41, 5.74) is 2.05. The maximum Gasteiger partial charge on any atom is 0.238 e. The van der Waals surface area contributed by atoms with Crippen LogP contribution in [0.1, 0.15) is 6.92 Å². The highest BCUT2D eigenvalue weighted by atomic mass is 16.5. The average Bonchev–Trinajstić information content (AvgIpc) is 2.65. The molecule has 2 aromatic carbocycles. The van der Waals surface area contributed by atoms with Gasteiger partial charge < -0.3 is 15.0 Å². The molecule has 0 spiro atoms. The van der Waals surface area contributed by atoms with Crippen molar-refractivity contribution < 1.29 is 9.53 Å². The minimum Gasteiger partial charge on any atom is -0.494 e. The van der Waals surface area contributed by atoms with Gasteiger partial charge in [0.25, 0.3) is 0 Å². The zero-order valence-electron chi connectivity index (χ0n) is 14.6. The molecule has 0 radical (unpaired) electrons. The number of piperazine rings is 1. The highest BCUT2D eigenvalue weighted by Gasteiger charge is 2.19. The molecule has 3 rings (SSSR count). The van der Waals surface area contributed by atoms with Crippen LogP contribution in [0.5, 0.6) is 5.75 Å². The van der Waals surface area contributed by atoms with Gasteiger partial charge in [-0.05, 0) is 43.3 Å². The zero-order chi connectivity index (χ0) is 17.5. The molecule has 0 bridgehead atoms. The third kappa shape index (κ3) is 4.97. The lowest BCUT2D eigenvalue weighted by molar-refractivity contribution is -0.117. The molecule has 2 aromatic rings. The number of para-hydroxylation sites is 1. The Bertz CT molecular complexity index is 665. The summed E-state index contributed by atoms with van der Waals surface area (Å²) in [6.07, 6.45) is 0. The summed E-state index contributed by atoms with van der Waals surface area (Å²) in [7, 11) is 0. The second kappa shape index (κ2) is 8.53. The Labute approximate surface area is 149 Å². The Hall–Kier alpha value is -2.53. The second-order valence-electron chi connectivity index (χ2n) is 6.10. The fourth-order valence-electron chi connectivity index (χ4n) is 3.01. The smallest absolute Gasteiger partial charge is 0.238 e. The summed E-state index contributed by atoms with van der Waals surface area (Å²) < 4.78 is 5.41. The number of nitrogens with zero attached hydrogens (tertiary/aromatic N) is 2. The van der Waals surface area contributed by atoms with E-state index in [0.717, 1.165) is 37.6 Å². The van der Waals surface area contributed by atoms with Crippen LogP contribution < -0.4 is 15.0 Å². The largest absolute Gasteiger partial charge is 0.494 e. The number of anilines is 2. The molecule has 1 amide bonds. The van der Waals surface area contributed by atoms with E-state index in [1.807, 2.05) is 37.3 Å². The summed E-state index contributed by atoms with van der Waals surface area (Å²) >= 11 is 0. The van der Waals surface area contributed by atoms with E-state index in [-0.39, 0.29) is 5.91 Å². The fraction of sp³-hybridized carbons (Fsp3) is 0.350. The van der Waals surface area contributed by atoms with Crippen molar-refractivity contribution in [2.24, 2.45) is 0 Å². The van der Waals surface area contributed by atoms with Gasteiger partial charge in [-0.15, -0.1) is 0 Å². The van der Waals surface area contributed by atoms with E-state index in [0.29, 0.717) is 13.2 Å². The monoisotopic (exact) mass is 339 g/mol. The maximum absolute atomic E-state index is 12.2. The average molecular weight is 339 g/mol. The first-order valence-electron chi connectivity index (χ1n) is 8.79. The van der Waals surface area contributed by atoms with Crippen LogP contribution in [0.4, 0.5) is 11.4 Å². The molecule has 0 unspecified atom stereocenters. The van der Waals surface area contributed by atoms with Gasteiger partial charge in [0.2, 0.25) is 5.91 Å². The first-order chi connectivity index (χ1) is 12.2. The number of carbonyl (C=O) groups is 1. The lowest BCUT2D eigenvalue weighted by Gasteiger charge is -2.35. The molecule has 1 saturated heterocycles. The number of nitrogens with one attached hydrogen (secondary N) is 1. The number of benzene rings is 2. The summed E-state index contributed by atoms with van der Waals surface area (Å²) in [5.74, 6) is 0.842. The molecule has 1 aliphatic rings. The van der Waals surface area contributed by atoms with E-state index in [4.69, 9.17) is 4.74 Å². The number of hydrogen-bond acceptors (Lipinski definition) is 4. The topological polar surface area (TPSA) is 44.8 Å². The van der Waals surface area contributed by atoms with E-state index in [1.54, 1.807) is 0 Å². The molecule has 1 fully saturated rings. The lowest BCUT2D eigenvalue weighted by atomic mass is 10.2. The SMILES string of the molecule is CCOc1ccc(NC(=O)CN2CCN(c3ccccc3)CC2)cc1. The van der Waals surface area contributed by atoms with Gasteiger partial charge in [-0.25, -0.2) is 0 Å². The van der Waals surface area contributed by atoms with Crippen molar-refractivity contribution in [3.05, 3.63) is 54.6 Å². The van der Waals surface area contributed by atoms with Gasteiger partial charge in [-0.2, -0.15) is 0 Å². The minimum absolute atomic E-state index is 0.0253. The molecule has 132 valence electrons. The van der Waals surface area contributed by atoms with Gasteiger partial charge in [0, 0.05) is 37.6 Å². The normalized spacial score (nSPS) is 15.0. The first-order valence-corrected chi connectivity index (χ1v) is 8.79. The molecule has 0 aliphatic carbocycles. The summed E-state index contributed by atoms with van der Waals surface area (Å²) in [6.45, 7) is 6.70. The fourth-order valence-corrected chi connectivity index (χ4v) is 3.01. The van der Waals surface area contributed by atoms with Crippen LogP contribution >= 0.6 is 0 Å². The molecule has 0 atom stereocenters. The molecule has 0 saturated carbocycles. The molecule has 25 heavy (non-hydrogen) atoms. The molecular formula is C20H25N3O2. The highest BCUT2D eigenvalue weighted by molar-refractivity contribution is 5.92. The summed E-state index contributed by atoms with van der Waals surface area (Å²) in [4.78, 5) is 16.8. The molecule has 1 heterocycles. The van der Waals surface area contributed by atoms with Gasteiger partial charge >= 0.3 is 0 Å². The Kier molecular flexibility index (Phi) is 5.90. The van der Waals surface area contributed by atoms with E-state index in [2.05, 4.69) is 39.4 Å². The maximum atomic E-state index is 12.2. The van der Waals surface area contributed by atoms with Gasteiger partial charge in [-0.3, -0.25) is 9.69 Å². The molecular weight excluding hydrogens is 314 g/mol. The molecule has 5 nitrogen and oxygen atoms in total. The molecule has 1 aliphatic heterocycles. The third-order valence-electron chi connectivity index (χ3n) is 4.31. The van der Waals surface area contributed by atoms with Crippen LogP contribution in [0.3, 0.4) is 0 Å². The van der Waals surface area contributed by atoms with Crippen molar-refractivity contribution in [3.8, 4) is 5.75 Å². The van der Waals surface area contributed by atoms with Gasteiger partial charge in [-0.1, -0.05) is 18.2 Å². The lowest BCUT2D eigenvalue weighted by Crippen LogP contribution is -2.48. The molecule has 0 aromatic heterocycles. The predicted molar refractivity (Wildman–Crippen MR) is 101 cm³/mol. The summed E-state index contributed by atoms with van der Waals surface area (Å²) in [5, 5.41) is 2.95. The number of carbonyl (C=O) groups excluding carboxylic acids is 1. The van der Waals surface area contributed by atoms with Gasteiger partial charge in [0.05, 0.1) is 13.2 Å². The standard InChI is InChI=1S/C20H25N3O2/c1-2-25-19-10-8-17(9-11-19)21-20(24)16-22-12-14-23(15-13-22)18-6-4-3-5-7-18/h3-11H,2,12-16H2,1H3,(H,21,24). The number of rotatable bonds is 6. The van der Waals surface area contributed by atoms with Crippen molar-refractivity contribution in [1.82, 2.24) is 4.90 Å². The van der Waals surface area contributed by atoms with Crippen LogP contribution in [-0.4, -0.2) is 50.1 Å². The number of hydrogen-bond donors (Lipinski definition) is 1. The van der Waals surface area contributed by atoms with E-state index in [1.165, 1.54) is 5.69 Å². The first kappa shape index (κ1) is 17.3. The van der Waals surface area contributed by atoms with Crippen LogP contribution in [0.25, 0.3) is 0 Å². The number of ether oxygens (including phenoxy) is 1. The quantitative estimate of drug-likeness (QED) is 0.879. The van der Waals surface area contributed by atoms with Crippen LogP contribution in [0.15, 0.2) is 54.6 Å². The Morgan fingerprint density at radius 3 is 2.32 bits per heavy atom. The van der Waals surface area contributed by atoms with E-state index >= 15 is 0 Å². The van der Waals surface area contributed by atoms with Crippen molar-refractivity contribution in [1.29, 1.82) is 0 Å². The Morgan fingerprint density at radius 2 is 1.68 bits per heavy atom. The van der Waals surface area contributed by atoms with E-state index < -0.39 is 0 Å². The van der Waals surface area contributed by atoms with Crippen molar-refractivity contribution >= 4 is 17.3 Å². The Morgan fingerprint density at radius 1 is 1.00 bits per heavy atom. The minimum atomic E-state index is 0.0253. The zero-order valence-corrected chi connectivity index (χ0v) is 14.6. The van der Waals surface area contributed by atoms with E-state index in [9.17, 15) is 4.79 Å². The third-order valence-corrected chi connectivity index (χ3v) is 4.31.